The van der Waals surface area contributed by atoms with Crippen LogP contribution in [0.25, 0.3) is 0 Å². The van der Waals surface area contributed by atoms with Crippen LogP contribution >= 0.6 is 11.3 Å². The van der Waals surface area contributed by atoms with Crippen molar-refractivity contribution < 1.29 is 14.3 Å². The summed E-state index contributed by atoms with van der Waals surface area (Å²) in [4.78, 5) is 23.8. The lowest BCUT2D eigenvalue weighted by molar-refractivity contribution is -0.0679. The molecule has 0 bridgehead atoms. The van der Waals surface area contributed by atoms with E-state index in [1.165, 1.54) is 11.3 Å². The molecular weight excluding hydrogens is 390 g/mol. The van der Waals surface area contributed by atoms with Crippen molar-refractivity contribution in [3.8, 4) is 0 Å². The van der Waals surface area contributed by atoms with E-state index in [2.05, 4.69) is 39.4 Å². The quantitative estimate of drug-likeness (QED) is 0.286. The molecule has 0 aromatic carbocycles. The van der Waals surface area contributed by atoms with E-state index in [0.717, 1.165) is 43.6 Å². The second kappa shape index (κ2) is 11.5. The molecule has 29 heavy (non-hydrogen) atoms. The molecule has 1 aromatic rings. The number of aromatic nitrogens is 1. The zero-order chi connectivity index (χ0) is 21.4. The zero-order valence-corrected chi connectivity index (χ0v) is 19.3. The maximum atomic E-state index is 12.0. The third-order valence-corrected chi connectivity index (χ3v) is 5.98. The molecule has 0 spiro atoms. The minimum Gasteiger partial charge on any atom is -0.462 e. The molecule has 1 aliphatic heterocycles. The molecule has 164 valence electrons. The molecule has 2 N–H and O–H groups in total. The number of carbonyl (C=O) groups is 1. The van der Waals surface area contributed by atoms with Crippen molar-refractivity contribution in [2.24, 2.45) is 4.99 Å². The molecule has 2 rings (SSSR count). The first-order valence-electron chi connectivity index (χ1n) is 10.3. The Balaban J connectivity index is 1.79. The predicted molar refractivity (Wildman–Crippen MR) is 117 cm³/mol. The lowest BCUT2D eigenvalue weighted by Crippen LogP contribution is -2.46. The van der Waals surface area contributed by atoms with Crippen LogP contribution in [0.1, 0.15) is 60.5 Å². The maximum Gasteiger partial charge on any atom is 0.350 e. The van der Waals surface area contributed by atoms with Gasteiger partial charge in [0.1, 0.15) is 9.88 Å². The Morgan fingerprint density at radius 1 is 1.41 bits per heavy atom. The van der Waals surface area contributed by atoms with Gasteiger partial charge in [0.05, 0.1) is 30.6 Å². The van der Waals surface area contributed by atoms with Crippen LogP contribution in [0, 0.1) is 6.92 Å². The maximum absolute atomic E-state index is 12.0. The Morgan fingerprint density at radius 3 is 2.72 bits per heavy atom. The molecular formula is C20H35N5O3S. The number of thiazole rings is 1. The van der Waals surface area contributed by atoms with Crippen LogP contribution in [0.5, 0.6) is 0 Å². The van der Waals surface area contributed by atoms with Crippen LogP contribution < -0.4 is 10.6 Å². The molecule has 3 atom stereocenters. The average Bonchev–Trinajstić information content (AvgIpc) is 3.05. The minimum absolute atomic E-state index is 0.0611. The van der Waals surface area contributed by atoms with Gasteiger partial charge in [-0.1, -0.05) is 0 Å². The lowest BCUT2D eigenvalue weighted by Gasteiger charge is -2.35. The molecule has 9 heteroatoms. The minimum atomic E-state index is -0.310. The first-order valence-corrected chi connectivity index (χ1v) is 11.1. The highest BCUT2D eigenvalue weighted by atomic mass is 32.1. The van der Waals surface area contributed by atoms with Crippen LogP contribution in [0.4, 0.5) is 0 Å². The molecule has 8 nitrogen and oxygen atoms in total. The zero-order valence-electron chi connectivity index (χ0n) is 18.4. The van der Waals surface area contributed by atoms with E-state index in [4.69, 9.17) is 9.47 Å². The standard InChI is InChI=1S/C20H35N5O3S/c1-7-27-19(26)17-15(4)23-18(29-17)16(5)24-20(21-6)22-9-8-10-25-11-13(2)28-14(3)12-25/h13-14,16H,7-12H2,1-6H3,(H2,21,22,24). The van der Waals surface area contributed by atoms with E-state index in [1.54, 1.807) is 14.0 Å². The molecule has 0 aliphatic carbocycles. The number of guanidine groups is 1. The highest BCUT2D eigenvalue weighted by Crippen LogP contribution is 2.24. The Bertz CT molecular complexity index is 684. The van der Waals surface area contributed by atoms with Crippen molar-refractivity contribution in [2.75, 3.05) is 39.8 Å². The van der Waals surface area contributed by atoms with E-state index < -0.39 is 0 Å². The molecule has 0 saturated carbocycles. The number of hydrogen-bond acceptors (Lipinski definition) is 7. The van der Waals surface area contributed by atoms with E-state index in [9.17, 15) is 4.79 Å². The summed E-state index contributed by atoms with van der Waals surface area (Å²) in [7, 11) is 1.75. The van der Waals surface area contributed by atoms with Crippen molar-refractivity contribution in [3.63, 3.8) is 0 Å². The molecule has 2 heterocycles. The molecule has 1 aromatic heterocycles. The normalized spacial score (nSPS) is 21.7. The van der Waals surface area contributed by atoms with E-state index in [0.29, 0.717) is 29.4 Å². The van der Waals surface area contributed by atoms with Crippen molar-refractivity contribution >= 4 is 23.3 Å². The fourth-order valence-electron chi connectivity index (χ4n) is 3.43. The van der Waals surface area contributed by atoms with E-state index in [-0.39, 0.29) is 12.0 Å². The van der Waals surface area contributed by atoms with Gasteiger partial charge < -0.3 is 20.1 Å². The van der Waals surface area contributed by atoms with Crippen LogP contribution in [-0.2, 0) is 9.47 Å². The van der Waals surface area contributed by atoms with E-state index >= 15 is 0 Å². The van der Waals surface area contributed by atoms with Crippen molar-refractivity contribution in [3.05, 3.63) is 15.6 Å². The van der Waals surface area contributed by atoms with Crippen LogP contribution in [0.2, 0.25) is 0 Å². The fourth-order valence-corrected chi connectivity index (χ4v) is 4.39. The van der Waals surface area contributed by atoms with Gasteiger partial charge in [-0.3, -0.25) is 9.89 Å². The van der Waals surface area contributed by atoms with Gasteiger partial charge >= 0.3 is 5.97 Å². The summed E-state index contributed by atoms with van der Waals surface area (Å²) in [6, 6.07) is -0.0611. The first kappa shape index (κ1) is 23.6. The number of nitrogens with one attached hydrogen (secondary N) is 2. The Morgan fingerprint density at radius 2 is 2.10 bits per heavy atom. The topological polar surface area (TPSA) is 88.1 Å². The summed E-state index contributed by atoms with van der Waals surface area (Å²) >= 11 is 1.37. The summed E-state index contributed by atoms with van der Waals surface area (Å²) in [5.74, 6) is 0.418. The van der Waals surface area contributed by atoms with Crippen LogP contribution in [0.15, 0.2) is 4.99 Å². The van der Waals surface area contributed by atoms with Crippen molar-refractivity contribution in [1.82, 2.24) is 20.5 Å². The number of hydrogen-bond donors (Lipinski definition) is 2. The van der Waals surface area contributed by atoms with Gasteiger partial charge in [-0.05, 0) is 41.0 Å². The molecule has 3 unspecified atom stereocenters. The Kier molecular flexibility index (Phi) is 9.32. The van der Waals surface area contributed by atoms with Crippen molar-refractivity contribution in [2.45, 2.75) is 59.3 Å². The number of rotatable bonds is 8. The SMILES string of the molecule is CCOC(=O)c1sc(C(C)NC(=NC)NCCCN2CC(C)OC(C)C2)nc1C. The molecule has 1 saturated heterocycles. The van der Waals surface area contributed by atoms with Gasteiger partial charge in [-0.25, -0.2) is 9.78 Å². The molecule has 0 radical (unpaired) electrons. The summed E-state index contributed by atoms with van der Waals surface area (Å²) in [5.41, 5.74) is 0.703. The predicted octanol–water partition coefficient (Wildman–Crippen LogP) is 2.35. The second-order valence-corrected chi connectivity index (χ2v) is 8.45. The van der Waals surface area contributed by atoms with Crippen molar-refractivity contribution in [1.29, 1.82) is 0 Å². The summed E-state index contributed by atoms with van der Waals surface area (Å²) < 4.78 is 10.9. The van der Waals surface area contributed by atoms with Gasteiger partial charge in [0, 0.05) is 33.2 Å². The number of esters is 1. The summed E-state index contributed by atoms with van der Waals surface area (Å²) in [5, 5.41) is 7.55. The van der Waals surface area contributed by atoms with E-state index in [1.807, 2.05) is 13.8 Å². The van der Waals surface area contributed by atoms with Crippen LogP contribution in [-0.4, -0.2) is 73.9 Å². The summed E-state index contributed by atoms with van der Waals surface area (Å²) in [6.07, 6.45) is 1.62. The second-order valence-electron chi connectivity index (χ2n) is 7.42. The average molecular weight is 426 g/mol. The number of morpholine rings is 1. The molecule has 1 fully saturated rings. The van der Waals surface area contributed by atoms with Gasteiger partial charge in [-0.15, -0.1) is 11.3 Å². The Labute approximate surface area is 178 Å². The number of carbonyl (C=O) groups excluding carboxylic acids is 1. The largest absolute Gasteiger partial charge is 0.462 e. The van der Waals surface area contributed by atoms with Gasteiger partial charge in [0.2, 0.25) is 0 Å². The molecule has 1 aliphatic rings. The summed E-state index contributed by atoms with van der Waals surface area (Å²) in [6.45, 7) is 14.1. The first-order chi connectivity index (χ1) is 13.8. The monoisotopic (exact) mass is 425 g/mol. The lowest BCUT2D eigenvalue weighted by atomic mass is 10.2. The highest BCUT2D eigenvalue weighted by Gasteiger charge is 2.22. The smallest absolute Gasteiger partial charge is 0.350 e. The Hall–Kier alpha value is -1.71. The number of aryl methyl sites for hydroxylation is 1. The number of ether oxygens (including phenoxy) is 2. The number of aliphatic imine (C=N–C) groups is 1. The van der Waals surface area contributed by atoms with Gasteiger partial charge in [0.15, 0.2) is 5.96 Å². The van der Waals surface area contributed by atoms with Gasteiger partial charge in [0.25, 0.3) is 0 Å². The van der Waals surface area contributed by atoms with Crippen LogP contribution in [0.3, 0.4) is 0 Å². The highest BCUT2D eigenvalue weighted by molar-refractivity contribution is 7.13. The van der Waals surface area contributed by atoms with Gasteiger partial charge in [-0.2, -0.15) is 0 Å². The number of nitrogens with zero attached hydrogens (tertiary/aromatic N) is 3. The molecule has 0 amide bonds. The third-order valence-electron chi connectivity index (χ3n) is 4.66. The third kappa shape index (κ3) is 7.24. The fraction of sp³-hybridized carbons (Fsp3) is 0.750.